The number of amides is 1. The van der Waals surface area contributed by atoms with Crippen molar-refractivity contribution in [3.8, 4) is 0 Å². The fourth-order valence-corrected chi connectivity index (χ4v) is 4.82. The quantitative estimate of drug-likeness (QED) is 0.693. The Hall–Kier alpha value is -1.66. The summed E-state index contributed by atoms with van der Waals surface area (Å²) >= 11 is 0. The summed E-state index contributed by atoms with van der Waals surface area (Å²) in [7, 11) is 0. The Bertz CT molecular complexity index is 680. The van der Waals surface area contributed by atoms with Gasteiger partial charge in [-0.3, -0.25) is 4.79 Å². The van der Waals surface area contributed by atoms with Crippen molar-refractivity contribution in [3.63, 3.8) is 0 Å². The second-order valence-electron chi connectivity index (χ2n) is 8.43. The van der Waals surface area contributed by atoms with Gasteiger partial charge in [-0.05, 0) is 43.0 Å². The summed E-state index contributed by atoms with van der Waals surface area (Å²) in [5.74, 6) is 0.856. The van der Waals surface area contributed by atoms with Gasteiger partial charge in [-0.15, -0.1) is 0 Å². The first-order valence-corrected chi connectivity index (χ1v) is 10.8. The summed E-state index contributed by atoms with van der Waals surface area (Å²) in [6, 6.07) is 5.02. The first-order chi connectivity index (χ1) is 13.7. The van der Waals surface area contributed by atoms with Gasteiger partial charge in [0.1, 0.15) is 5.82 Å². The predicted molar refractivity (Wildman–Crippen MR) is 109 cm³/mol. The van der Waals surface area contributed by atoms with E-state index in [0.717, 1.165) is 19.6 Å². The van der Waals surface area contributed by atoms with Crippen LogP contribution in [-0.2, 0) is 9.53 Å². The maximum Gasteiger partial charge on any atom is 0.228 e. The topological polar surface area (TPSA) is 44.8 Å². The first-order valence-electron chi connectivity index (χ1n) is 10.8. The largest absolute Gasteiger partial charge is 0.378 e. The minimum Gasteiger partial charge on any atom is -0.378 e. The van der Waals surface area contributed by atoms with Crippen LogP contribution in [0, 0.1) is 23.6 Å². The summed E-state index contributed by atoms with van der Waals surface area (Å²) < 4.78 is 19.8. The highest BCUT2D eigenvalue weighted by Gasteiger charge is 2.59. The molecule has 2 heterocycles. The van der Waals surface area contributed by atoms with E-state index in [1.54, 1.807) is 6.07 Å². The van der Waals surface area contributed by atoms with E-state index in [1.165, 1.54) is 31.7 Å². The van der Waals surface area contributed by atoms with Crippen LogP contribution < -0.4 is 10.2 Å². The highest BCUT2D eigenvalue weighted by Crippen LogP contribution is 2.52. The highest BCUT2D eigenvalue weighted by molar-refractivity contribution is 5.95. The van der Waals surface area contributed by atoms with Crippen molar-refractivity contribution in [3.05, 3.63) is 24.0 Å². The zero-order valence-corrected chi connectivity index (χ0v) is 16.8. The van der Waals surface area contributed by atoms with Gasteiger partial charge in [-0.25, -0.2) is 4.39 Å². The standard InChI is InChI=1S/C22H32FN3O2/c1-2-3-4-5-8-25-14-17-18(15-25)21(17)22(27)24-16-6-7-20(19(23)13-16)26-9-11-28-12-10-26/h6-7,13,17-18,21H,2-5,8-12,14-15H2,1H3,(H,24,27). The van der Waals surface area contributed by atoms with Gasteiger partial charge in [0.15, 0.2) is 0 Å². The van der Waals surface area contributed by atoms with Crippen LogP contribution >= 0.6 is 0 Å². The molecule has 0 spiro atoms. The molecule has 0 aromatic heterocycles. The monoisotopic (exact) mass is 389 g/mol. The SMILES string of the molecule is CCCCCCN1CC2C(C1)C2C(=O)Nc1ccc(N2CCOCC2)c(F)c1. The van der Waals surface area contributed by atoms with Gasteiger partial charge in [-0.2, -0.15) is 0 Å². The van der Waals surface area contributed by atoms with Gasteiger partial charge in [0.2, 0.25) is 5.91 Å². The number of benzene rings is 1. The van der Waals surface area contributed by atoms with Gasteiger partial charge < -0.3 is 19.9 Å². The lowest BCUT2D eigenvalue weighted by molar-refractivity contribution is -0.118. The van der Waals surface area contributed by atoms with Crippen molar-refractivity contribution in [2.24, 2.45) is 17.8 Å². The number of nitrogens with one attached hydrogen (secondary N) is 1. The number of halogens is 1. The summed E-state index contributed by atoms with van der Waals surface area (Å²) in [6.45, 7) is 8.12. The van der Waals surface area contributed by atoms with Gasteiger partial charge in [-0.1, -0.05) is 26.2 Å². The zero-order chi connectivity index (χ0) is 19.5. The van der Waals surface area contributed by atoms with E-state index in [-0.39, 0.29) is 17.6 Å². The number of morpholine rings is 1. The number of unbranched alkanes of at least 4 members (excludes halogenated alkanes) is 3. The lowest BCUT2D eigenvalue weighted by Gasteiger charge is -2.29. The second kappa shape index (κ2) is 8.78. The summed E-state index contributed by atoms with van der Waals surface area (Å²) in [5, 5.41) is 2.94. The molecular weight excluding hydrogens is 357 g/mol. The Balaban J connectivity index is 1.25. The van der Waals surface area contributed by atoms with Crippen LogP contribution in [0.4, 0.5) is 15.8 Å². The number of likely N-dealkylation sites (tertiary alicyclic amines) is 1. The normalized spacial score (nSPS) is 26.9. The third-order valence-electron chi connectivity index (χ3n) is 6.47. The Morgan fingerprint density at radius 1 is 1.18 bits per heavy atom. The minimum atomic E-state index is -0.283. The molecule has 154 valence electrons. The van der Waals surface area contributed by atoms with E-state index in [0.29, 0.717) is 49.5 Å². The average molecular weight is 390 g/mol. The Morgan fingerprint density at radius 3 is 2.61 bits per heavy atom. The number of hydrogen-bond acceptors (Lipinski definition) is 4. The number of rotatable bonds is 8. The highest BCUT2D eigenvalue weighted by atomic mass is 19.1. The average Bonchev–Trinajstić information content (AvgIpc) is 3.21. The minimum absolute atomic E-state index is 0.0548. The maximum absolute atomic E-state index is 14.5. The molecule has 0 radical (unpaired) electrons. The Kier molecular flexibility index (Phi) is 6.16. The fourth-order valence-electron chi connectivity index (χ4n) is 4.82. The molecule has 3 aliphatic rings. The van der Waals surface area contributed by atoms with Gasteiger partial charge in [0.05, 0.1) is 18.9 Å². The van der Waals surface area contributed by atoms with Crippen LogP contribution in [0.5, 0.6) is 0 Å². The van der Waals surface area contributed by atoms with Crippen molar-refractivity contribution >= 4 is 17.3 Å². The summed E-state index contributed by atoms with van der Waals surface area (Å²) in [5.41, 5.74) is 1.14. The number of carbonyl (C=O) groups is 1. The van der Waals surface area contributed by atoms with Crippen molar-refractivity contribution in [2.75, 3.05) is 56.2 Å². The van der Waals surface area contributed by atoms with Crippen LogP contribution in [0.25, 0.3) is 0 Å². The van der Waals surface area contributed by atoms with Crippen LogP contribution in [0.3, 0.4) is 0 Å². The van der Waals surface area contributed by atoms with Crippen LogP contribution in [-0.4, -0.2) is 56.7 Å². The number of nitrogens with zero attached hydrogens (tertiary/aromatic N) is 2. The van der Waals surface area contributed by atoms with Crippen molar-refractivity contribution in [1.29, 1.82) is 0 Å². The van der Waals surface area contributed by atoms with E-state index in [1.807, 2.05) is 11.0 Å². The van der Waals surface area contributed by atoms with Gasteiger partial charge in [0, 0.05) is 37.8 Å². The lowest BCUT2D eigenvalue weighted by Crippen LogP contribution is -2.36. The fraction of sp³-hybridized carbons (Fsp3) is 0.682. The van der Waals surface area contributed by atoms with E-state index in [9.17, 15) is 9.18 Å². The summed E-state index contributed by atoms with van der Waals surface area (Å²) in [4.78, 5) is 17.1. The molecule has 2 atom stereocenters. The zero-order valence-electron chi connectivity index (χ0n) is 16.8. The van der Waals surface area contributed by atoms with Crippen LogP contribution in [0.1, 0.15) is 32.6 Å². The van der Waals surface area contributed by atoms with Gasteiger partial charge in [0.25, 0.3) is 0 Å². The third kappa shape index (κ3) is 4.33. The molecule has 2 saturated heterocycles. The number of carbonyl (C=O) groups excluding carboxylic acids is 1. The van der Waals surface area contributed by atoms with Crippen molar-refractivity contribution < 1.29 is 13.9 Å². The maximum atomic E-state index is 14.5. The molecule has 2 aliphatic heterocycles. The van der Waals surface area contributed by atoms with Crippen LogP contribution in [0.15, 0.2) is 18.2 Å². The number of ether oxygens (including phenoxy) is 1. The molecule has 1 aromatic carbocycles. The van der Waals surface area contributed by atoms with Crippen LogP contribution in [0.2, 0.25) is 0 Å². The molecule has 4 rings (SSSR count). The molecule has 1 amide bonds. The number of hydrogen-bond donors (Lipinski definition) is 1. The number of anilines is 2. The van der Waals surface area contributed by atoms with Crippen molar-refractivity contribution in [2.45, 2.75) is 32.6 Å². The predicted octanol–water partition coefficient (Wildman–Crippen LogP) is 3.36. The first kappa shape index (κ1) is 19.6. The smallest absolute Gasteiger partial charge is 0.228 e. The Labute approximate surface area is 167 Å². The van der Waals surface area contributed by atoms with E-state index in [4.69, 9.17) is 4.74 Å². The third-order valence-corrected chi connectivity index (χ3v) is 6.47. The molecule has 1 aromatic rings. The molecule has 5 nitrogen and oxygen atoms in total. The van der Waals surface area contributed by atoms with E-state index in [2.05, 4.69) is 17.1 Å². The van der Waals surface area contributed by atoms with E-state index < -0.39 is 0 Å². The molecule has 0 bridgehead atoms. The lowest BCUT2D eigenvalue weighted by atomic mass is 10.2. The molecule has 28 heavy (non-hydrogen) atoms. The molecular formula is C22H32FN3O2. The second-order valence-corrected chi connectivity index (χ2v) is 8.43. The molecule has 1 saturated carbocycles. The number of fused-ring (bicyclic) bond motifs is 1. The van der Waals surface area contributed by atoms with E-state index >= 15 is 0 Å². The molecule has 2 unspecified atom stereocenters. The molecule has 3 fully saturated rings. The summed E-state index contributed by atoms with van der Waals surface area (Å²) in [6.07, 6.45) is 5.14. The molecule has 6 heteroatoms. The van der Waals surface area contributed by atoms with Crippen molar-refractivity contribution in [1.82, 2.24) is 4.90 Å². The number of piperidine rings is 1. The molecule has 1 N–H and O–H groups in total. The Morgan fingerprint density at radius 2 is 1.93 bits per heavy atom. The van der Waals surface area contributed by atoms with Gasteiger partial charge >= 0.3 is 0 Å². The molecule has 1 aliphatic carbocycles.